The zero-order chi connectivity index (χ0) is 12.4. The number of nitrogens with one attached hydrogen (secondary N) is 1. The Labute approximate surface area is 109 Å². The third-order valence-corrected chi connectivity index (χ3v) is 3.85. The Morgan fingerprint density at radius 2 is 2.17 bits per heavy atom. The van der Waals surface area contributed by atoms with Crippen LogP contribution in [0.15, 0.2) is 24.3 Å². The minimum absolute atomic E-state index is 0.532. The summed E-state index contributed by atoms with van der Waals surface area (Å²) in [5, 5.41) is 3.43. The largest absolute Gasteiger partial charge is 0.491 e. The van der Waals surface area contributed by atoms with E-state index in [0.29, 0.717) is 6.04 Å². The molecule has 0 radical (unpaired) electrons. The molecule has 2 aliphatic rings. The SMILES string of the molecule is C[C@@H]1CNCCN1c1ccccc1OCC1CC1. The van der Waals surface area contributed by atoms with Crippen molar-refractivity contribution in [1.82, 2.24) is 5.32 Å². The van der Waals surface area contributed by atoms with E-state index in [0.717, 1.165) is 37.9 Å². The summed E-state index contributed by atoms with van der Waals surface area (Å²) in [5.41, 5.74) is 1.26. The second-order valence-corrected chi connectivity index (χ2v) is 5.47. The molecule has 1 saturated carbocycles. The lowest BCUT2D eigenvalue weighted by molar-refractivity contribution is 0.299. The van der Waals surface area contributed by atoms with E-state index in [4.69, 9.17) is 4.74 Å². The van der Waals surface area contributed by atoms with Gasteiger partial charge in [-0.3, -0.25) is 0 Å². The van der Waals surface area contributed by atoms with Gasteiger partial charge in [-0.05, 0) is 37.8 Å². The van der Waals surface area contributed by atoms with Crippen molar-refractivity contribution in [3.05, 3.63) is 24.3 Å². The number of benzene rings is 1. The van der Waals surface area contributed by atoms with Crippen LogP contribution >= 0.6 is 0 Å². The highest BCUT2D eigenvalue weighted by molar-refractivity contribution is 5.59. The maximum atomic E-state index is 6.00. The summed E-state index contributed by atoms with van der Waals surface area (Å²) in [6.45, 7) is 6.32. The van der Waals surface area contributed by atoms with Gasteiger partial charge >= 0.3 is 0 Å². The molecule has 98 valence electrons. The number of hydrogen-bond acceptors (Lipinski definition) is 3. The van der Waals surface area contributed by atoms with Gasteiger partial charge in [0.05, 0.1) is 12.3 Å². The Balaban J connectivity index is 1.75. The summed E-state index contributed by atoms with van der Waals surface area (Å²) >= 11 is 0. The molecule has 1 atom stereocenters. The lowest BCUT2D eigenvalue weighted by atomic mass is 10.1. The van der Waals surface area contributed by atoms with Crippen molar-refractivity contribution in [3.8, 4) is 5.75 Å². The van der Waals surface area contributed by atoms with Crippen molar-refractivity contribution in [3.63, 3.8) is 0 Å². The van der Waals surface area contributed by atoms with E-state index in [-0.39, 0.29) is 0 Å². The van der Waals surface area contributed by atoms with Crippen LogP contribution in [-0.4, -0.2) is 32.3 Å². The van der Waals surface area contributed by atoms with Crippen LogP contribution in [0.25, 0.3) is 0 Å². The first-order valence-electron chi connectivity index (χ1n) is 7.04. The number of piperazine rings is 1. The molecule has 3 rings (SSSR count). The molecule has 0 bridgehead atoms. The normalized spacial score (nSPS) is 24.1. The number of anilines is 1. The molecule has 1 saturated heterocycles. The van der Waals surface area contributed by atoms with Gasteiger partial charge in [-0.2, -0.15) is 0 Å². The molecule has 1 N–H and O–H groups in total. The number of ether oxygens (including phenoxy) is 1. The fourth-order valence-corrected chi connectivity index (χ4v) is 2.51. The Hall–Kier alpha value is -1.22. The number of rotatable bonds is 4. The van der Waals surface area contributed by atoms with Gasteiger partial charge < -0.3 is 15.0 Å². The number of nitrogens with zero attached hydrogens (tertiary/aromatic N) is 1. The fourth-order valence-electron chi connectivity index (χ4n) is 2.51. The Bertz CT molecular complexity index is 403. The summed E-state index contributed by atoms with van der Waals surface area (Å²) in [4.78, 5) is 2.46. The Morgan fingerprint density at radius 3 is 2.94 bits per heavy atom. The van der Waals surface area contributed by atoms with Gasteiger partial charge in [0.25, 0.3) is 0 Å². The highest BCUT2D eigenvalue weighted by atomic mass is 16.5. The zero-order valence-electron chi connectivity index (χ0n) is 11.1. The van der Waals surface area contributed by atoms with Crippen LogP contribution in [0.1, 0.15) is 19.8 Å². The summed E-state index contributed by atoms with van der Waals surface area (Å²) in [6, 6.07) is 8.99. The number of para-hydroxylation sites is 2. The standard InChI is InChI=1S/C15H22N2O/c1-12-10-16-8-9-17(12)14-4-2-3-5-15(14)18-11-13-6-7-13/h2-5,12-13,16H,6-11H2,1H3/t12-/m1/s1. The van der Waals surface area contributed by atoms with Gasteiger partial charge in [0.1, 0.15) is 5.75 Å². The van der Waals surface area contributed by atoms with Crippen LogP contribution in [0, 0.1) is 5.92 Å². The molecule has 0 spiro atoms. The molecular formula is C15H22N2O. The van der Waals surface area contributed by atoms with Gasteiger partial charge in [-0.1, -0.05) is 12.1 Å². The molecule has 1 aromatic carbocycles. The molecule has 3 nitrogen and oxygen atoms in total. The van der Waals surface area contributed by atoms with Crippen LogP contribution in [0.5, 0.6) is 5.75 Å². The molecule has 0 unspecified atom stereocenters. The monoisotopic (exact) mass is 246 g/mol. The molecule has 0 aromatic heterocycles. The second-order valence-electron chi connectivity index (χ2n) is 5.47. The van der Waals surface area contributed by atoms with E-state index >= 15 is 0 Å². The summed E-state index contributed by atoms with van der Waals surface area (Å²) in [6.07, 6.45) is 2.68. The molecule has 1 aliphatic carbocycles. The predicted molar refractivity (Wildman–Crippen MR) is 74.3 cm³/mol. The van der Waals surface area contributed by atoms with Gasteiger partial charge in [0, 0.05) is 25.7 Å². The van der Waals surface area contributed by atoms with Gasteiger partial charge in [0.15, 0.2) is 0 Å². The Morgan fingerprint density at radius 1 is 1.33 bits per heavy atom. The summed E-state index contributed by atoms with van der Waals surface area (Å²) < 4.78 is 6.00. The number of hydrogen-bond donors (Lipinski definition) is 1. The second kappa shape index (κ2) is 5.19. The van der Waals surface area contributed by atoms with Crippen molar-refractivity contribution in [2.24, 2.45) is 5.92 Å². The average molecular weight is 246 g/mol. The van der Waals surface area contributed by atoms with Crippen LogP contribution in [0.3, 0.4) is 0 Å². The third kappa shape index (κ3) is 2.61. The first-order chi connectivity index (χ1) is 8.84. The smallest absolute Gasteiger partial charge is 0.142 e. The first kappa shape index (κ1) is 11.8. The van der Waals surface area contributed by atoms with Crippen molar-refractivity contribution in [2.75, 3.05) is 31.1 Å². The molecule has 3 heteroatoms. The van der Waals surface area contributed by atoms with Gasteiger partial charge in [-0.15, -0.1) is 0 Å². The van der Waals surface area contributed by atoms with Crippen LogP contribution in [0.2, 0.25) is 0 Å². The molecule has 1 aromatic rings. The zero-order valence-corrected chi connectivity index (χ0v) is 11.1. The lowest BCUT2D eigenvalue weighted by Crippen LogP contribution is -2.50. The predicted octanol–water partition coefficient (Wildman–Crippen LogP) is 2.27. The lowest BCUT2D eigenvalue weighted by Gasteiger charge is -2.36. The van der Waals surface area contributed by atoms with E-state index in [1.165, 1.54) is 18.5 Å². The van der Waals surface area contributed by atoms with E-state index in [1.54, 1.807) is 0 Å². The van der Waals surface area contributed by atoms with E-state index < -0.39 is 0 Å². The molecule has 1 heterocycles. The Kier molecular flexibility index (Phi) is 3.41. The van der Waals surface area contributed by atoms with Crippen LogP contribution < -0.4 is 15.0 Å². The van der Waals surface area contributed by atoms with Crippen LogP contribution in [0.4, 0.5) is 5.69 Å². The van der Waals surface area contributed by atoms with Crippen LogP contribution in [-0.2, 0) is 0 Å². The fraction of sp³-hybridized carbons (Fsp3) is 0.600. The topological polar surface area (TPSA) is 24.5 Å². The van der Waals surface area contributed by atoms with Crippen molar-refractivity contribution in [2.45, 2.75) is 25.8 Å². The summed E-state index contributed by atoms with van der Waals surface area (Å²) in [7, 11) is 0. The van der Waals surface area contributed by atoms with Crippen molar-refractivity contribution in [1.29, 1.82) is 0 Å². The summed E-state index contributed by atoms with van der Waals surface area (Å²) in [5.74, 6) is 1.86. The molecule has 2 fully saturated rings. The van der Waals surface area contributed by atoms with E-state index in [9.17, 15) is 0 Å². The highest BCUT2D eigenvalue weighted by Crippen LogP contribution is 2.33. The maximum absolute atomic E-state index is 6.00. The van der Waals surface area contributed by atoms with E-state index in [2.05, 4.69) is 41.4 Å². The molecular weight excluding hydrogens is 224 g/mol. The van der Waals surface area contributed by atoms with E-state index in [1.807, 2.05) is 0 Å². The van der Waals surface area contributed by atoms with Gasteiger partial charge in [-0.25, -0.2) is 0 Å². The molecule has 0 amide bonds. The molecule has 1 aliphatic heterocycles. The highest BCUT2D eigenvalue weighted by Gasteiger charge is 2.24. The average Bonchev–Trinajstić information content (AvgIpc) is 3.22. The first-order valence-corrected chi connectivity index (χ1v) is 7.04. The van der Waals surface area contributed by atoms with Crippen molar-refractivity contribution >= 4 is 5.69 Å². The maximum Gasteiger partial charge on any atom is 0.142 e. The van der Waals surface area contributed by atoms with Gasteiger partial charge in [0.2, 0.25) is 0 Å². The molecule has 18 heavy (non-hydrogen) atoms. The minimum atomic E-state index is 0.532. The third-order valence-electron chi connectivity index (χ3n) is 3.85. The quantitative estimate of drug-likeness (QED) is 0.882. The minimum Gasteiger partial charge on any atom is -0.491 e. The van der Waals surface area contributed by atoms with Crippen molar-refractivity contribution < 1.29 is 4.74 Å².